The van der Waals surface area contributed by atoms with Crippen molar-refractivity contribution in [3.8, 4) is 0 Å². The van der Waals surface area contributed by atoms with E-state index in [1.807, 2.05) is 18.2 Å². The first-order chi connectivity index (χ1) is 8.44. The lowest BCUT2D eigenvalue weighted by Crippen LogP contribution is -2.11. The predicted octanol–water partition coefficient (Wildman–Crippen LogP) is 1.35. The highest BCUT2D eigenvalue weighted by atomic mass is 35.5. The van der Waals surface area contributed by atoms with Crippen LogP contribution < -0.4 is 4.72 Å². The van der Waals surface area contributed by atoms with Crippen LogP contribution in [-0.2, 0) is 16.6 Å². The van der Waals surface area contributed by atoms with Crippen LogP contribution in [0.1, 0.15) is 5.56 Å². The molecule has 1 aromatic heterocycles. The predicted molar refractivity (Wildman–Crippen MR) is 69.0 cm³/mol. The average Bonchev–Trinajstić information content (AvgIpc) is 2.66. The van der Waals surface area contributed by atoms with Crippen molar-refractivity contribution >= 4 is 27.6 Å². The molecular formula is C10H11ClN4O2S. The summed E-state index contributed by atoms with van der Waals surface area (Å²) < 4.78 is 25.7. The Balaban J connectivity index is 2.14. The van der Waals surface area contributed by atoms with Crippen LogP contribution in [-0.4, -0.2) is 29.4 Å². The summed E-state index contributed by atoms with van der Waals surface area (Å²) >= 11 is 6.01. The van der Waals surface area contributed by atoms with Gasteiger partial charge in [0.15, 0.2) is 0 Å². The number of nitrogens with one attached hydrogen (secondary N) is 1. The molecular weight excluding hydrogens is 276 g/mol. The second-order valence-corrected chi connectivity index (χ2v) is 5.89. The van der Waals surface area contributed by atoms with Crippen LogP contribution in [0.25, 0.3) is 0 Å². The summed E-state index contributed by atoms with van der Waals surface area (Å²) in [5.41, 5.74) is 0.884. The lowest BCUT2D eigenvalue weighted by Gasteiger charge is -2.03. The maximum absolute atomic E-state index is 11.0. The van der Waals surface area contributed by atoms with Gasteiger partial charge in [-0.25, -0.2) is 13.1 Å². The maximum atomic E-state index is 11.0. The minimum absolute atomic E-state index is 0.0459. The Labute approximate surface area is 110 Å². The van der Waals surface area contributed by atoms with Gasteiger partial charge in [-0.3, -0.25) is 4.72 Å². The van der Waals surface area contributed by atoms with Gasteiger partial charge in [0.1, 0.15) is 6.33 Å². The minimum Gasteiger partial charge on any atom is -0.250 e. The second kappa shape index (κ2) is 4.95. The molecule has 0 atom stereocenters. The number of sulfonamides is 1. The van der Waals surface area contributed by atoms with Crippen LogP contribution in [0.3, 0.4) is 0 Å². The molecule has 0 aliphatic rings. The number of anilines is 1. The fourth-order valence-electron chi connectivity index (χ4n) is 1.38. The Morgan fingerprint density at radius 1 is 1.39 bits per heavy atom. The number of hydrogen-bond donors (Lipinski definition) is 1. The molecule has 1 heterocycles. The fraction of sp³-hybridized carbons (Fsp3) is 0.200. The van der Waals surface area contributed by atoms with Crippen molar-refractivity contribution in [1.82, 2.24) is 14.8 Å². The molecule has 2 rings (SSSR count). The highest BCUT2D eigenvalue weighted by Gasteiger charge is 2.07. The monoisotopic (exact) mass is 286 g/mol. The Kier molecular flexibility index (Phi) is 3.53. The first-order valence-corrected chi connectivity index (χ1v) is 7.31. The Morgan fingerprint density at radius 2 is 2.11 bits per heavy atom. The van der Waals surface area contributed by atoms with E-state index in [2.05, 4.69) is 14.8 Å². The van der Waals surface area contributed by atoms with Gasteiger partial charge in [-0.1, -0.05) is 29.8 Å². The van der Waals surface area contributed by atoms with E-state index in [0.717, 1.165) is 11.8 Å². The molecule has 0 saturated heterocycles. The molecule has 0 fully saturated rings. The molecule has 0 aliphatic heterocycles. The third-order valence-electron chi connectivity index (χ3n) is 2.10. The Bertz CT molecular complexity index is 653. The van der Waals surface area contributed by atoms with E-state index in [1.165, 1.54) is 11.0 Å². The van der Waals surface area contributed by atoms with Crippen molar-refractivity contribution < 1.29 is 8.42 Å². The Hall–Kier alpha value is -1.60. The zero-order valence-corrected chi connectivity index (χ0v) is 11.1. The van der Waals surface area contributed by atoms with Crippen LogP contribution >= 0.6 is 11.6 Å². The molecule has 0 saturated carbocycles. The molecule has 96 valence electrons. The molecule has 8 heteroatoms. The Morgan fingerprint density at radius 3 is 2.78 bits per heavy atom. The third kappa shape index (κ3) is 3.44. The van der Waals surface area contributed by atoms with Crippen LogP contribution in [0, 0.1) is 0 Å². The zero-order chi connectivity index (χ0) is 13.2. The van der Waals surface area contributed by atoms with E-state index >= 15 is 0 Å². The average molecular weight is 287 g/mol. The zero-order valence-electron chi connectivity index (χ0n) is 9.54. The molecule has 0 spiro atoms. The van der Waals surface area contributed by atoms with Gasteiger partial charge in [-0.15, -0.1) is 5.10 Å². The first-order valence-electron chi connectivity index (χ1n) is 5.05. The number of aromatic nitrogens is 3. The van der Waals surface area contributed by atoms with Gasteiger partial charge in [-0.05, 0) is 11.6 Å². The quantitative estimate of drug-likeness (QED) is 0.920. The topological polar surface area (TPSA) is 76.9 Å². The number of nitrogens with zero attached hydrogens (tertiary/aromatic N) is 3. The second-order valence-electron chi connectivity index (χ2n) is 3.73. The fourth-order valence-corrected chi connectivity index (χ4v) is 2.01. The van der Waals surface area contributed by atoms with Crippen molar-refractivity contribution in [3.63, 3.8) is 0 Å². The van der Waals surface area contributed by atoms with E-state index in [1.54, 1.807) is 6.07 Å². The summed E-state index contributed by atoms with van der Waals surface area (Å²) in [5, 5.41) is 4.62. The lowest BCUT2D eigenvalue weighted by atomic mass is 10.2. The van der Waals surface area contributed by atoms with Gasteiger partial charge >= 0.3 is 0 Å². The lowest BCUT2D eigenvalue weighted by molar-refractivity contribution is 0.606. The normalized spacial score (nSPS) is 11.4. The summed E-state index contributed by atoms with van der Waals surface area (Å²) in [6.45, 7) is 0.429. The summed E-state index contributed by atoms with van der Waals surface area (Å²) in [4.78, 5) is 3.85. The van der Waals surface area contributed by atoms with Crippen molar-refractivity contribution in [1.29, 1.82) is 0 Å². The highest BCUT2D eigenvalue weighted by molar-refractivity contribution is 7.91. The van der Waals surface area contributed by atoms with Gasteiger partial charge < -0.3 is 0 Å². The molecule has 1 N–H and O–H groups in total. The molecule has 0 unspecified atom stereocenters. The van der Waals surface area contributed by atoms with Crippen molar-refractivity contribution in [3.05, 3.63) is 41.2 Å². The SMILES string of the molecule is CS(=O)(=O)Nc1ncn(Cc2ccccc2Cl)n1. The van der Waals surface area contributed by atoms with E-state index in [9.17, 15) is 8.42 Å². The molecule has 0 bridgehead atoms. The van der Waals surface area contributed by atoms with E-state index in [4.69, 9.17) is 11.6 Å². The van der Waals surface area contributed by atoms with Gasteiger partial charge in [0.25, 0.3) is 5.95 Å². The van der Waals surface area contributed by atoms with Crippen LogP contribution in [0.2, 0.25) is 5.02 Å². The molecule has 0 amide bonds. The molecule has 6 nitrogen and oxygen atoms in total. The van der Waals surface area contributed by atoms with Crippen molar-refractivity contribution in [2.75, 3.05) is 11.0 Å². The maximum Gasteiger partial charge on any atom is 0.255 e. The number of hydrogen-bond acceptors (Lipinski definition) is 4. The molecule has 2 aromatic rings. The van der Waals surface area contributed by atoms with Gasteiger partial charge in [-0.2, -0.15) is 4.98 Å². The molecule has 18 heavy (non-hydrogen) atoms. The molecule has 0 aliphatic carbocycles. The van der Waals surface area contributed by atoms with Crippen LogP contribution in [0.15, 0.2) is 30.6 Å². The first kappa shape index (κ1) is 12.8. The van der Waals surface area contributed by atoms with Crippen LogP contribution in [0.4, 0.5) is 5.95 Å². The number of halogens is 1. The summed E-state index contributed by atoms with van der Waals surface area (Å²) in [5.74, 6) is 0.0459. The van der Waals surface area contributed by atoms with Gasteiger partial charge in [0, 0.05) is 5.02 Å². The van der Waals surface area contributed by atoms with E-state index < -0.39 is 10.0 Å². The summed E-state index contributed by atoms with van der Waals surface area (Å²) in [7, 11) is -3.36. The van der Waals surface area contributed by atoms with Crippen molar-refractivity contribution in [2.24, 2.45) is 0 Å². The number of rotatable bonds is 4. The van der Waals surface area contributed by atoms with Crippen LogP contribution in [0.5, 0.6) is 0 Å². The van der Waals surface area contributed by atoms with E-state index in [0.29, 0.717) is 11.6 Å². The standard InChI is InChI=1S/C10H11ClN4O2S/c1-18(16,17)14-10-12-7-15(13-10)6-8-4-2-3-5-9(8)11/h2-5,7H,6H2,1H3,(H,13,14). The minimum atomic E-state index is -3.36. The summed E-state index contributed by atoms with van der Waals surface area (Å²) in [6, 6.07) is 7.36. The van der Waals surface area contributed by atoms with E-state index in [-0.39, 0.29) is 5.95 Å². The van der Waals surface area contributed by atoms with Gasteiger partial charge in [0.05, 0.1) is 12.8 Å². The number of benzene rings is 1. The molecule has 0 radical (unpaired) electrons. The molecule has 1 aromatic carbocycles. The summed E-state index contributed by atoms with van der Waals surface area (Å²) in [6.07, 6.45) is 2.48. The largest absolute Gasteiger partial charge is 0.255 e. The van der Waals surface area contributed by atoms with Gasteiger partial charge in [0.2, 0.25) is 10.0 Å². The highest BCUT2D eigenvalue weighted by Crippen LogP contribution is 2.15. The smallest absolute Gasteiger partial charge is 0.250 e. The van der Waals surface area contributed by atoms with Crippen molar-refractivity contribution in [2.45, 2.75) is 6.54 Å². The third-order valence-corrected chi connectivity index (χ3v) is 3.03.